The molecule has 0 fully saturated rings. The minimum atomic E-state index is -0.240. The minimum Gasteiger partial charge on any atom is -0.496 e. The number of carbonyl (C=O) groups excluding carboxylic acids is 1. The van der Waals surface area contributed by atoms with E-state index >= 15 is 0 Å². The van der Waals surface area contributed by atoms with Gasteiger partial charge in [-0.2, -0.15) is 5.10 Å². The summed E-state index contributed by atoms with van der Waals surface area (Å²) in [6, 6.07) is 5.27. The van der Waals surface area contributed by atoms with E-state index < -0.39 is 0 Å². The zero-order chi connectivity index (χ0) is 24.7. The first-order valence-electron chi connectivity index (χ1n) is 10.8. The first kappa shape index (κ1) is 23.5. The number of benzene rings is 1. The van der Waals surface area contributed by atoms with Gasteiger partial charge in [0.15, 0.2) is 0 Å². The van der Waals surface area contributed by atoms with Gasteiger partial charge in [-0.25, -0.2) is 0 Å². The molecule has 0 saturated carbocycles. The van der Waals surface area contributed by atoms with E-state index in [2.05, 4.69) is 9.97 Å². The van der Waals surface area contributed by atoms with Crippen LogP contribution >= 0.6 is 11.6 Å². The van der Waals surface area contributed by atoms with Crippen molar-refractivity contribution in [3.05, 3.63) is 64.3 Å². The molecule has 3 aromatic heterocycles. The van der Waals surface area contributed by atoms with Gasteiger partial charge in [0.25, 0.3) is 5.91 Å². The first-order chi connectivity index (χ1) is 16.1. The third-order valence-corrected chi connectivity index (χ3v) is 6.41. The lowest BCUT2D eigenvalue weighted by Gasteiger charge is -2.22. The lowest BCUT2D eigenvalue weighted by molar-refractivity contribution is 0.0822. The van der Waals surface area contributed by atoms with Crippen molar-refractivity contribution in [3.63, 3.8) is 0 Å². The molecule has 176 valence electrons. The van der Waals surface area contributed by atoms with Crippen LogP contribution in [-0.4, -0.2) is 51.8 Å². The van der Waals surface area contributed by atoms with Crippen molar-refractivity contribution >= 4 is 34.1 Å². The van der Waals surface area contributed by atoms with Crippen molar-refractivity contribution in [2.45, 2.75) is 26.8 Å². The molecular weight excluding hydrogens is 452 g/mol. The number of nitrogens with two attached hydrogens (primary N) is 1. The highest BCUT2D eigenvalue weighted by atomic mass is 35.5. The number of hydrogen-bond donors (Lipinski definition) is 1. The lowest BCUT2D eigenvalue weighted by atomic mass is 9.93. The van der Waals surface area contributed by atoms with Crippen LogP contribution in [-0.2, 0) is 0 Å². The molecule has 0 spiro atoms. The predicted molar refractivity (Wildman–Crippen MR) is 134 cm³/mol. The normalized spacial score (nSPS) is 12.1. The average Bonchev–Trinajstić information content (AvgIpc) is 3.17. The molecule has 0 aliphatic rings. The molecule has 1 atom stereocenters. The Balaban J connectivity index is 1.93. The molecule has 2 N–H and O–H groups in total. The van der Waals surface area contributed by atoms with Crippen molar-refractivity contribution in [1.82, 2.24) is 24.6 Å². The first-order valence-corrected chi connectivity index (χ1v) is 11.2. The molecular formula is C25H27ClN6O2. The number of aryl methyl sites for hydroxylation is 1. The molecule has 9 heteroatoms. The number of fused-ring (bicyclic) bond motifs is 1. The van der Waals surface area contributed by atoms with Crippen molar-refractivity contribution in [2.24, 2.45) is 0 Å². The molecule has 3 heterocycles. The third kappa shape index (κ3) is 3.84. The van der Waals surface area contributed by atoms with E-state index in [1.54, 1.807) is 45.9 Å². The number of carbonyl (C=O) groups is 1. The maximum absolute atomic E-state index is 12.5. The number of pyridine rings is 2. The highest BCUT2D eigenvalue weighted by Crippen LogP contribution is 2.43. The van der Waals surface area contributed by atoms with Gasteiger partial charge in [-0.3, -0.25) is 19.4 Å². The van der Waals surface area contributed by atoms with E-state index in [9.17, 15) is 4.79 Å². The fourth-order valence-corrected chi connectivity index (χ4v) is 4.49. The molecule has 0 aliphatic carbocycles. The highest BCUT2D eigenvalue weighted by molar-refractivity contribution is 6.32. The zero-order valence-electron chi connectivity index (χ0n) is 20.0. The number of rotatable bonds is 5. The Labute approximate surface area is 203 Å². The second kappa shape index (κ2) is 8.95. The summed E-state index contributed by atoms with van der Waals surface area (Å²) < 4.78 is 7.83. The molecule has 1 amide bonds. The van der Waals surface area contributed by atoms with Crippen LogP contribution in [0.3, 0.4) is 0 Å². The molecule has 4 rings (SSSR count). The molecule has 1 aromatic carbocycles. The quantitative estimate of drug-likeness (QED) is 0.447. The summed E-state index contributed by atoms with van der Waals surface area (Å²) in [5, 5.41) is 6.21. The SMILES string of the molecule is COc1c(C(C)n2nc(C)c3c(N)cncc32)cc(Cl)c(C)c1-c1ccnc(C(=O)N(C)C)c1. The smallest absolute Gasteiger partial charge is 0.271 e. The van der Waals surface area contributed by atoms with Gasteiger partial charge in [0.1, 0.15) is 11.4 Å². The number of halogens is 1. The van der Waals surface area contributed by atoms with Crippen LogP contribution < -0.4 is 10.5 Å². The van der Waals surface area contributed by atoms with Gasteiger partial charge in [-0.15, -0.1) is 0 Å². The molecule has 8 nitrogen and oxygen atoms in total. The summed E-state index contributed by atoms with van der Waals surface area (Å²) in [6.07, 6.45) is 5.00. The maximum Gasteiger partial charge on any atom is 0.271 e. The van der Waals surface area contributed by atoms with Gasteiger partial charge >= 0.3 is 0 Å². The summed E-state index contributed by atoms with van der Waals surface area (Å²) >= 11 is 6.72. The minimum absolute atomic E-state index is 0.183. The van der Waals surface area contributed by atoms with Crippen molar-refractivity contribution < 1.29 is 9.53 Å². The monoisotopic (exact) mass is 478 g/mol. The number of methoxy groups -OCH3 is 1. The molecule has 0 bridgehead atoms. The van der Waals surface area contributed by atoms with Crippen LogP contribution in [0.15, 0.2) is 36.8 Å². The number of nitrogen functional groups attached to an aromatic ring is 1. The molecule has 34 heavy (non-hydrogen) atoms. The maximum atomic E-state index is 12.5. The Morgan fingerprint density at radius 1 is 1.24 bits per heavy atom. The number of aromatic nitrogens is 4. The molecule has 1 unspecified atom stereocenters. The second-order valence-corrected chi connectivity index (χ2v) is 8.85. The van der Waals surface area contributed by atoms with Gasteiger partial charge in [0.05, 0.1) is 42.4 Å². The summed E-state index contributed by atoms with van der Waals surface area (Å²) in [7, 11) is 5.01. The average molecular weight is 479 g/mol. The molecule has 0 radical (unpaired) electrons. The van der Waals surface area contributed by atoms with Gasteiger partial charge in [0.2, 0.25) is 0 Å². The summed E-state index contributed by atoms with van der Waals surface area (Å²) in [4.78, 5) is 22.5. The largest absolute Gasteiger partial charge is 0.496 e. The van der Waals surface area contributed by atoms with Crippen LogP contribution in [0.2, 0.25) is 5.02 Å². The van der Waals surface area contributed by atoms with Gasteiger partial charge in [0, 0.05) is 41.8 Å². The van der Waals surface area contributed by atoms with E-state index in [1.165, 1.54) is 4.90 Å². The third-order valence-electron chi connectivity index (χ3n) is 6.02. The Hall–Kier alpha value is -3.65. The van der Waals surface area contributed by atoms with Crippen LogP contribution in [0.25, 0.3) is 22.0 Å². The Morgan fingerprint density at radius 2 is 1.97 bits per heavy atom. The van der Waals surface area contributed by atoms with Crippen molar-refractivity contribution in [2.75, 3.05) is 26.9 Å². The van der Waals surface area contributed by atoms with Crippen LogP contribution in [0.4, 0.5) is 5.69 Å². The second-order valence-electron chi connectivity index (χ2n) is 8.44. The van der Waals surface area contributed by atoms with Gasteiger partial charge in [-0.05, 0) is 50.1 Å². The predicted octanol–water partition coefficient (Wildman–Crippen LogP) is 4.67. The standard InChI is InChI=1S/C25H27ClN6O2/c1-13-18(26)10-17(15(3)32-21-12-28-11-19(27)23(21)14(2)30-32)24(34-6)22(13)16-7-8-29-20(9-16)25(33)31(4)5/h7-12,15H,27H2,1-6H3. The van der Waals surface area contributed by atoms with E-state index in [0.29, 0.717) is 22.2 Å². The number of amides is 1. The summed E-state index contributed by atoms with van der Waals surface area (Å²) in [6.45, 7) is 5.88. The fourth-order valence-electron chi connectivity index (χ4n) is 4.28. The molecule has 4 aromatic rings. The number of anilines is 1. The number of ether oxygens (including phenoxy) is 1. The molecule has 0 saturated heterocycles. The van der Waals surface area contributed by atoms with E-state index in [0.717, 1.165) is 38.9 Å². The van der Waals surface area contributed by atoms with E-state index in [-0.39, 0.29) is 11.9 Å². The van der Waals surface area contributed by atoms with Crippen LogP contribution in [0.5, 0.6) is 5.75 Å². The fraction of sp³-hybridized carbons (Fsp3) is 0.280. The Bertz CT molecular complexity index is 1410. The number of hydrogen-bond acceptors (Lipinski definition) is 6. The molecule has 0 aliphatic heterocycles. The van der Waals surface area contributed by atoms with Gasteiger partial charge < -0.3 is 15.4 Å². The van der Waals surface area contributed by atoms with Crippen LogP contribution in [0.1, 0.15) is 40.3 Å². The Morgan fingerprint density at radius 3 is 2.65 bits per heavy atom. The lowest BCUT2D eigenvalue weighted by Crippen LogP contribution is -2.22. The Kier molecular flexibility index (Phi) is 6.18. The topological polar surface area (TPSA) is 99.2 Å². The van der Waals surface area contributed by atoms with Crippen LogP contribution in [0, 0.1) is 13.8 Å². The van der Waals surface area contributed by atoms with Crippen molar-refractivity contribution in [3.8, 4) is 16.9 Å². The van der Waals surface area contributed by atoms with Crippen molar-refractivity contribution in [1.29, 1.82) is 0 Å². The summed E-state index contributed by atoms with van der Waals surface area (Å²) in [5.74, 6) is 0.472. The highest BCUT2D eigenvalue weighted by Gasteiger charge is 2.25. The number of nitrogens with zero attached hydrogens (tertiary/aromatic N) is 5. The van der Waals surface area contributed by atoms with E-state index in [1.807, 2.05) is 37.6 Å². The summed E-state index contributed by atoms with van der Waals surface area (Å²) in [5.41, 5.74) is 12.0. The zero-order valence-corrected chi connectivity index (χ0v) is 20.8. The van der Waals surface area contributed by atoms with Gasteiger partial charge in [-0.1, -0.05) is 11.6 Å². The van der Waals surface area contributed by atoms with E-state index in [4.69, 9.17) is 27.2 Å².